The molecule has 4 nitrogen and oxygen atoms in total. The number of hydrogen-bond acceptors (Lipinski definition) is 4. The van der Waals surface area contributed by atoms with Crippen LogP contribution in [0.4, 0.5) is 17.1 Å². The van der Waals surface area contributed by atoms with Crippen LogP contribution in [-0.4, -0.2) is 6.71 Å². The predicted octanol–water partition coefficient (Wildman–Crippen LogP) is 9.45. The number of hydrogen-bond donors (Lipinski definition) is 0. The fraction of sp³-hybridized carbons (Fsp3) is 0. The highest BCUT2D eigenvalue weighted by atomic mass is 16.5. The smallest absolute Gasteiger partial charge is 0.260 e. The van der Waals surface area contributed by atoms with Crippen molar-refractivity contribution in [3.05, 3.63) is 158 Å². The van der Waals surface area contributed by atoms with Gasteiger partial charge in [0, 0.05) is 39.6 Å². The summed E-state index contributed by atoms with van der Waals surface area (Å²) in [6.07, 6.45) is 0. The average Bonchev–Trinajstić information content (AvgIpc) is 3.51. The van der Waals surface area contributed by atoms with Crippen LogP contribution in [0.15, 0.2) is 162 Å². The Morgan fingerprint density at radius 1 is 0.468 bits per heavy atom. The molecule has 0 aliphatic carbocycles. The van der Waals surface area contributed by atoms with Gasteiger partial charge in [-0.1, -0.05) is 109 Å². The molecular weight excluding hydrogens is 577 g/mol. The monoisotopic (exact) mass is 603 g/mol. The third-order valence-corrected chi connectivity index (χ3v) is 9.38. The molecule has 1 aromatic heterocycles. The summed E-state index contributed by atoms with van der Waals surface area (Å²) in [7, 11) is 0. The van der Waals surface area contributed by atoms with E-state index in [1.807, 2.05) is 36.4 Å². The molecule has 5 heteroatoms. The molecular formula is C42H26BNO3. The number of rotatable bonds is 4. The molecule has 47 heavy (non-hydrogen) atoms. The first-order chi connectivity index (χ1) is 23.3. The maximum Gasteiger partial charge on any atom is 0.260 e. The fourth-order valence-corrected chi connectivity index (χ4v) is 7.34. The zero-order valence-electron chi connectivity index (χ0n) is 25.3. The van der Waals surface area contributed by atoms with Crippen LogP contribution in [0.3, 0.4) is 0 Å². The number of ether oxygens (including phenoxy) is 2. The molecule has 0 bridgehead atoms. The van der Waals surface area contributed by atoms with E-state index in [0.717, 1.165) is 89.5 Å². The van der Waals surface area contributed by atoms with Crippen molar-refractivity contribution in [3.8, 4) is 34.1 Å². The molecule has 2 aliphatic rings. The van der Waals surface area contributed by atoms with E-state index in [-0.39, 0.29) is 6.71 Å². The minimum absolute atomic E-state index is 0.00723. The number of anilines is 3. The average molecular weight is 603 g/mol. The zero-order chi connectivity index (χ0) is 30.9. The Morgan fingerprint density at radius 3 is 1.77 bits per heavy atom. The van der Waals surface area contributed by atoms with Crippen molar-refractivity contribution in [3.63, 3.8) is 0 Å². The van der Waals surface area contributed by atoms with Crippen molar-refractivity contribution < 1.29 is 13.9 Å². The largest absolute Gasteiger partial charge is 0.458 e. The van der Waals surface area contributed by atoms with Crippen LogP contribution in [-0.2, 0) is 0 Å². The van der Waals surface area contributed by atoms with Gasteiger partial charge in [-0.2, -0.15) is 0 Å². The number of para-hydroxylation sites is 4. The number of nitrogens with zero attached hydrogens (tertiary/aromatic N) is 1. The fourth-order valence-electron chi connectivity index (χ4n) is 7.34. The van der Waals surface area contributed by atoms with Crippen LogP contribution in [0.1, 0.15) is 0 Å². The Balaban J connectivity index is 1.28. The van der Waals surface area contributed by atoms with Crippen LogP contribution < -0.4 is 30.8 Å². The summed E-state index contributed by atoms with van der Waals surface area (Å²) in [6, 6.07) is 54.6. The third-order valence-electron chi connectivity index (χ3n) is 9.38. The van der Waals surface area contributed by atoms with Gasteiger partial charge in [-0.05, 0) is 52.9 Å². The molecule has 0 saturated heterocycles. The van der Waals surface area contributed by atoms with E-state index in [4.69, 9.17) is 13.9 Å². The molecule has 0 atom stereocenters. The molecule has 0 N–H and O–H groups in total. The lowest BCUT2D eigenvalue weighted by molar-refractivity contribution is 0.465. The van der Waals surface area contributed by atoms with Gasteiger partial charge in [0.1, 0.15) is 28.6 Å². The van der Waals surface area contributed by atoms with Crippen LogP contribution in [0.25, 0.3) is 33.1 Å². The Bertz CT molecular complexity index is 2420. The predicted molar refractivity (Wildman–Crippen MR) is 192 cm³/mol. The van der Waals surface area contributed by atoms with Gasteiger partial charge in [-0.15, -0.1) is 0 Å². The molecule has 3 heterocycles. The SMILES string of the molecule is c1ccc(-c2ccc3c(oc4ccccc43)c2N(c2ccccc2)c2cc3c4c(c2)Oc2ccccc2B4c2ccccc2O3)cc1. The molecule has 220 valence electrons. The molecule has 2 aliphatic heterocycles. The van der Waals surface area contributed by atoms with Gasteiger partial charge < -0.3 is 18.8 Å². The summed E-state index contributed by atoms with van der Waals surface area (Å²) < 4.78 is 20.2. The van der Waals surface area contributed by atoms with Crippen molar-refractivity contribution in [1.82, 2.24) is 0 Å². The van der Waals surface area contributed by atoms with Gasteiger partial charge >= 0.3 is 0 Å². The Morgan fingerprint density at radius 2 is 1.06 bits per heavy atom. The Hall–Kier alpha value is -6.20. The molecule has 0 unspecified atom stereocenters. The number of fused-ring (bicyclic) bond motifs is 7. The van der Waals surface area contributed by atoms with Crippen molar-refractivity contribution >= 4 is 62.1 Å². The molecule has 0 radical (unpaired) electrons. The van der Waals surface area contributed by atoms with Gasteiger partial charge in [0.25, 0.3) is 6.71 Å². The van der Waals surface area contributed by atoms with E-state index in [2.05, 4.69) is 126 Å². The van der Waals surface area contributed by atoms with E-state index in [0.29, 0.717) is 0 Å². The highest BCUT2D eigenvalue weighted by Crippen LogP contribution is 2.49. The van der Waals surface area contributed by atoms with Gasteiger partial charge in [0.05, 0.1) is 11.4 Å². The van der Waals surface area contributed by atoms with Crippen molar-refractivity contribution in [2.45, 2.75) is 0 Å². The van der Waals surface area contributed by atoms with Crippen LogP contribution in [0.5, 0.6) is 23.0 Å². The molecule has 10 rings (SSSR count). The van der Waals surface area contributed by atoms with E-state index in [1.165, 1.54) is 0 Å². The molecule has 0 amide bonds. The van der Waals surface area contributed by atoms with Crippen molar-refractivity contribution in [1.29, 1.82) is 0 Å². The number of benzene rings is 7. The third kappa shape index (κ3) is 3.96. The minimum Gasteiger partial charge on any atom is -0.458 e. The standard InChI is InChI=1S/C42H26BNO3/c1-3-13-27(14-4-1)30-23-24-32-31-17-7-10-20-35(31)47-42(32)41(30)44(28-15-5-2-6-16-28)29-25-38-40-39(26-29)46-37-22-12-9-19-34(37)43(40)33-18-8-11-21-36(33)45-38/h1-26H. The van der Waals surface area contributed by atoms with Crippen LogP contribution in [0, 0.1) is 0 Å². The first kappa shape index (κ1) is 26.1. The van der Waals surface area contributed by atoms with E-state index < -0.39 is 0 Å². The minimum atomic E-state index is 0.00723. The Kier molecular flexibility index (Phi) is 5.63. The van der Waals surface area contributed by atoms with Gasteiger partial charge in [-0.3, -0.25) is 0 Å². The highest BCUT2D eigenvalue weighted by Gasteiger charge is 2.40. The van der Waals surface area contributed by atoms with Gasteiger partial charge in [0.2, 0.25) is 0 Å². The molecule has 0 fully saturated rings. The summed E-state index contributed by atoms with van der Waals surface area (Å²) in [5.41, 5.74) is 10.0. The maximum atomic E-state index is 6.76. The molecule has 7 aromatic carbocycles. The van der Waals surface area contributed by atoms with Crippen LogP contribution >= 0.6 is 0 Å². The molecule has 0 spiro atoms. The topological polar surface area (TPSA) is 34.8 Å². The summed E-state index contributed by atoms with van der Waals surface area (Å²) >= 11 is 0. The second kappa shape index (κ2) is 10.2. The first-order valence-electron chi connectivity index (χ1n) is 15.9. The normalized spacial score (nSPS) is 12.6. The van der Waals surface area contributed by atoms with Crippen LogP contribution in [0.2, 0.25) is 0 Å². The van der Waals surface area contributed by atoms with Crippen molar-refractivity contribution in [2.24, 2.45) is 0 Å². The lowest BCUT2D eigenvalue weighted by atomic mass is 9.35. The second-order valence-corrected chi connectivity index (χ2v) is 12.0. The highest BCUT2D eigenvalue weighted by molar-refractivity contribution is 6.98. The summed E-state index contributed by atoms with van der Waals surface area (Å²) in [5, 5.41) is 2.14. The van der Waals surface area contributed by atoms with Gasteiger partial charge in [0.15, 0.2) is 5.58 Å². The van der Waals surface area contributed by atoms with E-state index in [1.54, 1.807) is 0 Å². The van der Waals surface area contributed by atoms with Gasteiger partial charge in [-0.25, -0.2) is 0 Å². The second-order valence-electron chi connectivity index (χ2n) is 12.0. The lowest BCUT2D eigenvalue weighted by Gasteiger charge is -2.35. The zero-order valence-corrected chi connectivity index (χ0v) is 25.3. The van der Waals surface area contributed by atoms with Crippen molar-refractivity contribution in [2.75, 3.05) is 4.90 Å². The first-order valence-corrected chi connectivity index (χ1v) is 15.9. The lowest BCUT2D eigenvalue weighted by Crippen LogP contribution is -2.57. The molecule has 8 aromatic rings. The van der Waals surface area contributed by atoms with E-state index >= 15 is 0 Å². The summed E-state index contributed by atoms with van der Waals surface area (Å²) in [5.74, 6) is 3.30. The quantitative estimate of drug-likeness (QED) is 0.188. The van der Waals surface area contributed by atoms with E-state index in [9.17, 15) is 0 Å². The summed E-state index contributed by atoms with van der Waals surface area (Å²) in [6.45, 7) is 0.00723. The molecule has 0 saturated carbocycles. The number of furan rings is 1. The summed E-state index contributed by atoms with van der Waals surface area (Å²) in [4.78, 5) is 2.28. The Labute approximate surface area is 272 Å². The maximum absolute atomic E-state index is 6.76.